The van der Waals surface area contributed by atoms with Crippen LogP contribution in [0.5, 0.6) is 0 Å². The van der Waals surface area contributed by atoms with E-state index >= 15 is 0 Å². The van der Waals surface area contributed by atoms with Gasteiger partial charge in [0.25, 0.3) is 11.8 Å². The molecule has 0 aromatic rings. The van der Waals surface area contributed by atoms with Crippen LogP contribution >= 0.6 is 0 Å². The number of amides is 2. The molecular formula is C6H5NO2. The van der Waals surface area contributed by atoms with Crippen LogP contribution in [0.3, 0.4) is 0 Å². The first kappa shape index (κ1) is 5.75. The lowest BCUT2D eigenvalue weighted by Gasteiger charge is -2.03. The Morgan fingerprint density at radius 3 is 2.00 bits per heavy atom. The Labute approximate surface area is 52.3 Å². The summed E-state index contributed by atoms with van der Waals surface area (Å²) in [4.78, 5) is 22.1. The first-order valence-electron chi connectivity index (χ1n) is 2.43. The lowest BCUT2D eigenvalue weighted by atomic mass is 10.6. The van der Waals surface area contributed by atoms with E-state index in [0.717, 1.165) is 4.90 Å². The molecule has 3 heteroatoms. The van der Waals surface area contributed by atoms with Crippen molar-refractivity contribution in [2.45, 2.75) is 0 Å². The molecular weight excluding hydrogens is 118 g/mol. The van der Waals surface area contributed by atoms with Crippen molar-refractivity contribution in [3.63, 3.8) is 0 Å². The summed E-state index contributed by atoms with van der Waals surface area (Å²) in [5, 5.41) is 0. The van der Waals surface area contributed by atoms with E-state index in [9.17, 15) is 9.59 Å². The summed E-state index contributed by atoms with van der Waals surface area (Å²) in [6.45, 7) is 3.29. The normalized spacial score (nSPS) is 17.1. The molecule has 0 bridgehead atoms. The van der Waals surface area contributed by atoms with Gasteiger partial charge in [-0.2, -0.15) is 0 Å². The van der Waals surface area contributed by atoms with E-state index < -0.39 is 0 Å². The first-order chi connectivity index (χ1) is 4.25. The van der Waals surface area contributed by atoms with Gasteiger partial charge in [-0.3, -0.25) is 14.5 Å². The van der Waals surface area contributed by atoms with Gasteiger partial charge in [-0.15, -0.1) is 0 Å². The first-order valence-corrected chi connectivity index (χ1v) is 2.43. The van der Waals surface area contributed by atoms with E-state index in [0.29, 0.717) is 0 Å². The molecule has 46 valence electrons. The Bertz CT molecular complexity index is 187. The molecule has 0 saturated heterocycles. The van der Waals surface area contributed by atoms with Crippen LogP contribution in [0.25, 0.3) is 0 Å². The summed E-state index contributed by atoms with van der Waals surface area (Å²) >= 11 is 0. The minimum Gasteiger partial charge on any atom is -0.269 e. The smallest absolute Gasteiger partial charge is 0.257 e. The van der Waals surface area contributed by atoms with Crippen molar-refractivity contribution in [1.29, 1.82) is 0 Å². The molecule has 0 fully saturated rings. The second-order valence-electron chi connectivity index (χ2n) is 1.56. The van der Waals surface area contributed by atoms with E-state index in [1.54, 1.807) is 0 Å². The van der Waals surface area contributed by atoms with Crippen LogP contribution in [0.15, 0.2) is 24.9 Å². The van der Waals surface area contributed by atoms with Gasteiger partial charge in [0, 0.05) is 18.4 Å². The van der Waals surface area contributed by atoms with E-state index in [1.807, 2.05) is 0 Å². The molecule has 1 aliphatic rings. The van der Waals surface area contributed by atoms with Gasteiger partial charge in [0.15, 0.2) is 0 Å². The van der Waals surface area contributed by atoms with Crippen molar-refractivity contribution in [3.8, 4) is 0 Å². The number of rotatable bonds is 1. The second-order valence-corrected chi connectivity index (χ2v) is 1.56. The van der Waals surface area contributed by atoms with Gasteiger partial charge in [0.2, 0.25) is 0 Å². The highest BCUT2D eigenvalue weighted by Crippen LogP contribution is 2.01. The lowest BCUT2D eigenvalue weighted by molar-refractivity contribution is -0.133. The third-order valence-electron chi connectivity index (χ3n) is 1.03. The Kier molecular flexibility index (Phi) is 1.18. The Morgan fingerprint density at radius 2 is 1.78 bits per heavy atom. The van der Waals surface area contributed by atoms with E-state index in [1.165, 1.54) is 18.4 Å². The Morgan fingerprint density at radius 1 is 1.33 bits per heavy atom. The van der Waals surface area contributed by atoms with E-state index in [2.05, 4.69) is 6.58 Å². The third kappa shape index (κ3) is 0.762. The van der Waals surface area contributed by atoms with Gasteiger partial charge in [0.05, 0.1) is 0 Å². The van der Waals surface area contributed by atoms with Crippen LogP contribution in [0.4, 0.5) is 0 Å². The summed E-state index contributed by atoms with van der Waals surface area (Å²) in [6.07, 6.45) is 3.62. The summed E-state index contributed by atoms with van der Waals surface area (Å²) in [7, 11) is 0. The molecule has 0 saturated carbocycles. The van der Waals surface area contributed by atoms with Gasteiger partial charge in [0.1, 0.15) is 0 Å². The average molecular weight is 123 g/mol. The number of nitrogens with zero attached hydrogens (tertiary/aromatic N) is 1. The van der Waals surface area contributed by atoms with Crippen molar-refractivity contribution >= 4 is 11.8 Å². The third-order valence-corrected chi connectivity index (χ3v) is 1.03. The number of hydrogen-bond acceptors (Lipinski definition) is 2. The summed E-state index contributed by atoms with van der Waals surface area (Å²) in [5.74, 6) is -0.648. The van der Waals surface area contributed by atoms with Crippen molar-refractivity contribution in [3.05, 3.63) is 24.9 Å². The van der Waals surface area contributed by atoms with Gasteiger partial charge < -0.3 is 0 Å². The van der Waals surface area contributed by atoms with Crippen LogP contribution in [-0.4, -0.2) is 16.7 Å². The van der Waals surface area contributed by atoms with Crippen molar-refractivity contribution in [2.75, 3.05) is 0 Å². The summed E-state index contributed by atoms with van der Waals surface area (Å²) in [5.41, 5.74) is 0. The number of imide groups is 1. The number of carbonyl (C=O) groups excluding carboxylic acids is 2. The fourth-order valence-electron chi connectivity index (χ4n) is 0.592. The minimum absolute atomic E-state index is 0.324. The topological polar surface area (TPSA) is 37.4 Å². The van der Waals surface area contributed by atoms with E-state index in [-0.39, 0.29) is 11.8 Å². The molecule has 1 rings (SSSR count). The average Bonchev–Trinajstić information content (AvgIpc) is 2.12. The quantitative estimate of drug-likeness (QED) is 0.462. The SMILES string of the molecule is C=CN1C(=O)C=CC1=O. The van der Waals surface area contributed by atoms with Crippen molar-refractivity contribution in [1.82, 2.24) is 4.90 Å². The minimum atomic E-state index is -0.324. The standard InChI is InChI=1S/C6H5NO2/c1-2-7-5(8)3-4-6(7)9/h2-4H,1H2. The predicted molar refractivity (Wildman–Crippen MR) is 31.2 cm³/mol. The van der Waals surface area contributed by atoms with Gasteiger partial charge in [-0.25, -0.2) is 0 Å². The van der Waals surface area contributed by atoms with Crippen LogP contribution in [0, 0.1) is 0 Å². The molecule has 2 amide bonds. The molecule has 1 aliphatic heterocycles. The fourth-order valence-corrected chi connectivity index (χ4v) is 0.592. The van der Waals surface area contributed by atoms with Gasteiger partial charge >= 0.3 is 0 Å². The molecule has 0 aromatic carbocycles. The molecule has 1 heterocycles. The molecule has 0 N–H and O–H groups in total. The highest BCUT2D eigenvalue weighted by Gasteiger charge is 2.19. The molecule has 0 unspecified atom stereocenters. The van der Waals surface area contributed by atoms with Gasteiger partial charge in [-0.05, 0) is 0 Å². The maximum atomic E-state index is 10.6. The van der Waals surface area contributed by atoms with E-state index in [4.69, 9.17) is 0 Å². The lowest BCUT2D eigenvalue weighted by Crippen LogP contribution is -2.22. The van der Waals surface area contributed by atoms with Crippen LogP contribution in [0.1, 0.15) is 0 Å². The monoisotopic (exact) mass is 123 g/mol. The predicted octanol–water partition coefficient (Wildman–Crippen LogP) is 0.0549. The highest BCUT2D eigenvalue weighted by atomic mass is 16.2. The van der Waals surface area contributed by atoms with Gasteiger partial charge in [-0.1, -0.05) is 6.58 Å². The molecule has 0 aromatic heterocycles. The number of carbonyl (C=O) groups is 2. The van der Waals surface area contributed by atoms with Crippen molar-refractivity contribution < 1.29 is 9.59 Å². The fraction of sp³-hybridized carbons (Fsp3) is 0. The summed E-state index contributed by atoms with van der Waals surface area (Å²) in [6, 6.07) is 0. The summed E-state index contributed by atoms with van der Waals surface area (Å²) < 4.78 is 0. The molecule has 0 aliphatic carbocycles. The van der Waals surface area contributed by atoms with Crippen LogP contribution in [-0.2, 0) is 9.59 Å². The molecule has 3 nitrogen and oxygen atoms in total. The Hall–Kier alpha value is -1.38. The second kappa shape index (κ2) is 1.85. The zero-order chi connectivity index (χ0) is 6.85. The zero-order valence-electron chi connectivity index (χ0n) is 4.70. The largest absolute Gasteiger partial charge is 0.269 e. The van der Waals surface area contributed by atoms with Crippen LogP contribution < -0.4 is 0 Å². The molecule has 0 atom stereocenters. The Balaban J connectivity index is 2.87. The maximum Gasteiger partial charge on any atom is 0.257 e. The highest BCUT2D eigenvalue weighted by molar-refractivity contribution is 6.13. The molecule has 0 spiro atoms. The van der Waals surface area contributed by atoms with Crippen LogP contribution in [0.2, 0.25) is 0 Å². The maximum absolute atomic E-state index is 10.6. The number of hydrogen-bond donors (Lipinski definition) is 0. The molecule has 0 radical (unpaired) electrons. The zero-order valence-corrected chi connectivity index (χ0v) is 4.70. The molecule has 9 heavy (non-hydrogen) atoms. The van der Waals surface area contributed by atoms with Crippen molar-refractivity contribution in [2.24, 2.45) is 0 Å².